The fourth-order valence-corrected chi connectivity index (χ4v) is 3.36. The van der Waals surface area contributed by atoms with Gasteiger partial charge in [0.2, 0.25) is 17.7 Å². The first kappa shape index (κ1) is 18.5. The Balaban J connectivity index is 1.29. The molecule has 1 aliphatic heterocycles. The molecule has 1 aromatic heterocycles. The lowest BCUT2D eigenvalue weighted by Crippen LogP contribution is -2.17. The van der Waals surface area contributed by atoms with Crippen molar-refractivity contribution in [3.63, 3.8) is 0 Å². The second kappa shape index (κ2) is 8.44. The molecule has 144 valence electrons. The maximum absolute atomic E-state index is 12.2. The van der Waals surface area contributed by atoms with Gasteiger partial charge < -0.3 is 14.6 Å². The summed E-state index contributed by atoms with van der Waals surface area (Å²) in [4.78, 5) is 14.6. The quantitative estimate of drug-likeness (QED) is 0.661. The van der Waals surface area contributed by atoms with Gasteiger partial charge in [0, 0.05) is 47.9 Å². The molecule has 0 saturated carbocycles. The first-order valence-electron chi connectivity index (χ1n) is 9.40. The monoisotopic (exact) mass is 396 g/mol. The van der Waals surface area contributed by atoms with Crippen LogP contribution in [0.25, 0.3) is 11.5 Å². The molecule has 7 heteroatoms. The molecular formula is C21H21ClN4O2. The van der Waals surface area contributed by atoms with Crippen LogP contribution in [0.2, 0.25) is 5.02 Å². The predicted octanol–water partition coefficient (Wildman–Crippen LogP) is 4.56. The van der Waals surface area contributed by atoms with Crippen molar-refractivity contribution >= 4 is 28.9 Å². The fraction of sp³-hybridized carbons (Fsp3) is 0.286. The zero-order valence-corrected chi connectivity index (χ0v) is 16.2. The highest BCUT2D eigenvalue weighted by Gasteiger charge is 2.13. The van der Waals surface area contributed by atoms with Crippen LogP contribution in [0.3, 0.4) is 0 Å². The maximum atomic E-state index is 12.2. The molecule has 3 aromatic rings. The lowest BCUT2D eigenvalue weighted by Gasteiger charge is -2.17. The van der Waals surface area contributed by atoms with Crippen LogP contribution in [-0.2, 0) is 11.2 Å². The molecule has 0 atom stereocenters. The van der Waals surface area contributed by atoms with Crippen LogP contribution < -0.4 is 10.2 Å². The van der Waals surface area contributed by atoms with Gasteiger partial charge in [-0.3, -0.25) is 4.79 Å². The summed E-state index contributed by atoms with van der Waals surface area (Å²) in [6.07, 6.45) is 3.15. The third-order valence-electron chi connectivity index (χ3n) is 4.75. The molecular weight excluding hydrogens is 376 g/mol. The number of carbonyl (C=O) groups excluding carboxylic acids is 1. The predicted molar refractivity (Wildman–Crippen MR) is 110 cm³/mol. The fourth-order valence-electron chi connectivity index (χ4n) is 3.24. The Morgan fingerprint density at radius 3 is 2.46 bits per heavy atom. The minimum absolute atomic E-state index is 0.0832. The molecule has 6 nitrogen and oxygen atoms in total. The first-order chi connectivity index (χ1) is 13.7. The standard InChI is InChI=1S/C21H21ClN4O2/c22-16-5-3-15(4-6-16)21-25-24-20(28-21)12-11-19(27)23-17-7-9-18(10-8-17)26-13-1-2-14-26/h3-10H,1-2,11-14H2,(H,23,27). The van der Waals surface area contributed by atoms with Gasteiger partial charge in [-0.15, -0.1) is 10.2 Å². The highest BCUT2D eigenvalue weighted by molar-refractivity contribution is 6.30. The number of nitrogens with zero attached hydrogens (tertiary/aromatic N) is 3. The van der Waals surface area contributed by atoms with E-state index in [1.165, 1.54) is 18.5 Å². The Morgan fingerprint density at radius 2 is 1.75 bits per heavy atom. The van der Waals surface area contributed by atoms with Crippen LogP contribution in [0.4, 0.5) is 11.4 Å². The molecule has 2 aromatic carbocycles. The van der Waals surface area contributed by atoms with Crippen LogP contribution in [0.1, 0.15) is 25.2 Å². The molecule has 0 radical (unpaired) electrons. The topological polar surface area (TPSA) is 71.3 Å². The van der Waals surface area contributed by atoms with Crippen LogP contribution in [0.15, 0.2) is 52.9 Å². The number of amides is 1. The molecule has 0 aliphatic carbocycles. The van der Waals surface area contributed by atoms with Gasteiger partial charge in [-0.2, -0.15) is 0 Å². The number of benzene rings is 2. The summed E-state index contributed by atoms with van der Waals surface area (Å²) in [7, 11) is 0. The van der Waals surface area contributed by atoms with E-state index in [4.69, 9.17) is 16.0 Å². The third-order valence-corrected chi connectivity index (χ3v) is 5.00. The SMILES string of the molecule is O=C(CCc1nnc(-c2ccc(Cl)cc2)o1)Nc1ccc(N2CCCC2)cc1. The van der Waals surface area contributed by atoms with E-state index in [0.717, 1.165) is 24.3 Å². The van der Waals surface area contributed by atoms with Crippen molar-refractivity contribution in [2.45, 2.75) is 25.7 Å². The number of hydrogen-bond acceptors (Lipinski definition) is 5. The summed E-state index contributed by atoms with van der Waals surface area (Å²) in [5.41, 5.74) is 2.79. The van der Waals surface area contributed by atoms with Crippen molar-refractivity contribution in [2.24, 2.45) is 0 Å². The number of carbonyl (C=O) groups is 1. The highest BCUT2D eigenvalue weighted by atomic mass is 35.5. The average Bonchev–Trinajstić information content (AvgIpc) is 3.40. The molecule has 1 N–H and O–H groups in total. The summed E-state index contributed by atoms with van der Waals surface area (Å²) >= 11 is 5.88. The van der Waals surface area contributed by atoms with Gasteiger partial charge in [0.25, 0.3) is 0 Å². The molecule has 1 saturated heterocycles. The van der Waals surface area contributed by atoms with Crippen molar-refractivity contribution < 1.29 is 9.21 Å². The molecule has 0 bridgehead atoms. The Kier molecular flexibility index (Phi) is 5.58. The minimum Gasteiger partial charge on any atom is -0.421 e. The Hall–Kier alpha value is -2.86. The summed E-state index contributed by atoms with van der Waals surface area (Å²) in [5, 5.41) is 11.6. The van der Waals surface area contributed by atoms with Crippen LogP contribution in [-0.4, -0.2) is 29.2 Å². The van der Waals surface area contributed by atoms with Gasteiger partial charge in [-0.25, -0.2) is 0 Å². The Bertz CT molecular complexity index is 932. The summed E-state index contributed by atoms with van der Waals surface area (Å²) in [6, 6.07) is 15.2. The molecule has 1 amide bonds. The van der Waals surface area contributed by atoms with Gasteiger partial charge in [0.15, 0.2) is 0 Å². The number of anilines is 2. The van der Waals surface area contributed by atoms with Gasteiger partial charge in [-0.1, -0.05) is 11.6 Å². The van der Waals surface area contributed by atoms with Crippen LogP contribution in [0.5, 0.6) is 0 Å². The van der Waals surface area contributed by atoms with Crippen molar-refractivity contribution in [1.82, 2.24) is 10.2 Å². The van der Waals surface area contributed by atoms with Gasteiger partial charge >= 0.3 is 0 Å². The number of nitrogens with one attached hydrogen (secondary N) is 1. The number of rotatable bonds is 6. The first-order valence-corrected chi connectivity index (χ1v) is 9.78. The highest BCUT2D eigenvalue weighted by Crippen LogP contribution is 2.23. The Morgan fingerprint density at radius 1 is 1.04 bits per heavy atom. The van der Waals surface area contributed by atoms with Crippen molar-refractivity contribution in [2.75, 3.05) is 23.3 Å². The molecule has 2 heterocycles. The van der Waals surface area contributed by atoms with E-state index in [1.807, 2.05) is 24.3 Å². The average molecular weight is 397 g/mol. The van der Waals surface area contributed by atoms with E-state index in [1.54, 1.807) is 12.1 Å². The van der Waals surface area contributed by atoms with Gasteiger partial charge in [0.05, 0.1) is 0 Å². The van der Waals surface area contributed by atoms with Crippen molar-refractivity contribution in [3.05, 3.63) is 59.4 Å². The van der Waals surface area contributed by atoms with Crippen molar-refractivity contribution in [3.8, 4) is 11.5 Å². The van der Waals surface area contributed by atoms with E-state index < -0.39 is 0 Å². The van der Waals surface area contributed by atoms with Gasteiger partial charge in [0.1, 0.15) is 0 Å². The summed E-state index contributed by atoms with van der Waals surface area (Å²) < 4.78 is 5.63. The molecule has 0 unspecified atom stereocenters. The molecule has 1 fully saturated rings. The molecule has 28 heavy (non-hydrogen) atoms. The zero-order valence-electron chi connectivity index (χ0n) is 15.4. The Labute approximate surface area is 168 Å². The van der Waals surface area contributed by atoms with E-state index in [-0.39, 0.29) is 12.3 Å². The van der Waals surface area contributed by atoms with E-state index >= 15 is 0 Å². The lowest BCUT2D eigenvalue weighted by atomic mass is 10.2. The van der Waals surface area contributed by atoms with Gasteiger partial charge in [-0.05, 0) is 61.4 Å². The molecule has 4 rings (SSSR count). The molecule has 1 aliphatic rings. The lowest BCUT2D eigenvalue weighted by molar-refractivity contribution is -0.116. The normalized spacial score (nSPS) is 13.7. The van der Waals surface area contributed by atoms with Crippen LogP contribution in [0, 0.1) is 0 Å². The zero-order chi connectivity index (χ0) is 19.3. The second-order valence-electron chi connectivity index (χ2n) is 6.80. The number of halogens is 1. The summed E-state index contributed by atoms with van der Waals surface area (Å²) in [6.45, 7) is 2.21. The number of aromatic nitrogens is 2. The molecule has 0 spiro atoms. The second-order valence-corrected chi connectivity index (χ2v) is 7.23. The maximum Gasteiger partial charge on any atom is 0.247 e. The van der Waals surface area contributed by atoms with Crippen LogP contribution >= 0.6 is 11.6 Å². The van der Waals surface area contributed by atoms with E-state index in [0.29, 0.717) is 23.2 Å². The third kappa shape index (κ3) is 4.51. The van der Waals surface area contributed by atoms with Crippen molar-refractivity contribution in [1.29, 1.82) is 0 Å². The van der Waals surface area contributed by atoms with E-state index in [2.05, 4.69) is 32.5 Å². The minimum atomic E-state index is -0.0832. The largest absolute Gasteiger partial charge is 0.421 e. The smallest absolute Gasteiger partial charge is 0.247 e. The summed E-state index contributed by atoms with van der Waals surface area (Å²) in [5.74, 6) is 0.772. The van der Waals surface area contributed by atoms with E-state index in [9.17, 15) is 4.79 Å². The number of aryl methyl sites for hydroxylation is 1. The number of hydrogen-bond donors (Lipinski definition) is 1.